The highest BCUT2D eigenvalue weighted by Crippen LogP contribution is 2.30. The van der Waals surface area contributed by atoms with Gasteiger partial charge in [-0.05, 0) is 58.3 Å². The average molecular weight is 327 g/mol. The zero-order valence-corrected chi connectivity index (χ0v) is 14.4. The predicted molar refractivity (Wildman–Crippen MR) is 91.6 cm³/mol. The highest BCUT2D eigenvalue weighted by atomic mass is 16.5. The van der Waals surface area contributed by atoms with E-state index in [-0.39, 0.29) is 5.91 Å². The fourth-order valence-corrected chi connectivity index (χ4v) is 4.02. The highest BCUT2D eigenvalue weighted by molar-refractivity contribution is 5.81. The van der Waals surface area contributed by atoms with E-state index < -0.39 is 6.10 Å². The van der Waals surface area contributed by atoms with Crippen LogP contribution in [0.5, 0.6) is 5.75 Å². The number of nitriles is 1. The van der Waals surface area contributed by atoms with Gasteiger partial charge < -0.3 is 14.5 Å². The minimum atomic E-state index is -0.577. The Balaban J connectivity index is 1.69. The minimum absolute atomic E-state index is 0.0329. The third-order valence-electron chi connectivity index (χ3n) is 5.26. The molecule has 0 saturated carbocycles. The van der Waals surface area contributed by atoms with E-state index in [1.807, 2.05) is 11.0 Å². The molecule has 0 N–H and O–H groups in total. The molecule has 1 amide bonds. The van der Waals surface area contributed by atoms with E-state index >= 15 is 0 Å². The van der Waals surface area contributed by atoms with Gasteiger partial charge in [0.05, 0.1) is 5.56 Å². The average Bonchev–Trinajstić information content (AvgIpc) is 3.22. The molecular weight excluding hydrogens is 302 g/mol. The number of rotatable bonds is 4. The van der Waals surface area contributed by atoms with Crippen molar-refractivity contribution in [3.05, 3.63) is 29.8 Å². The molecule has 0 spiro atoms. The lowest BCUT2D eigenvalue weighted by Crippen LogP contribution is -2.50. The van der Waals surface area contributed by atoms with Gasteiger partial charge in [-0.3, -0.25) is 4.79 Å². The first-order chi connectivity index (χ1) is 11.6. The second-order valence-electron chi connectivity index (χ2n) is 6.80. The van der Waals surface area contributed by atoms with Crippen molar-refractivity contribution in [1.82, 2.24) is 9.80 Å². The number of carbonyl (C=O) groups excluding carboxylic acids is 1. The zero-order chi connectivity index (χ0) is 17.1. The van der Waals surface area contributed by atoms with Gasteiger partial charge in [0.25, 0.3) is 5.91 Å². The van der Waals surface area contributed by atoms with Gasteiger partial charge in [-0.2, -0.15) is 5.26 Å². The summed E-state index contributed by atoms with van der Waals surface area (Å²) in [4.78, 5) is 17.3. The van der Waals surface area contributed by atoms with Crippen molar-refractivity contribution in [2.45, 2.75) is 50.8 Å². The van der Waals surface area contributed by atoms with Crippen molar-refractivity contribution in [2.24, 2.45) is 0 Å². The number of carbonyl (C=O) groups is 1. The van der Waals surface area contributed by atoms with Gasteiger partial charge in [0.2, 0.25) is 0 Å². The number of likely N-dealkylation sites (tertiary alicyclic amines) is 2. The zero-order valence-electron chi connectivity index (χ0n) is 14.4. The quantitative estimate of drug-likeness (QED) is 0.852. The van der Waals surface area contributed by atoms with Crippen LogP contribution in [0.3, 0.4) is 0 Å². The van der Waals surface area contributed by atoms with E-state index in [4.69, 9.17) is 10.00 Å². The van der Waals surface area contributed by atoms with Crippen LogP contribution >= 0.6 is 0 Å². The van der Waals surface area contributed by atoms with Crippen LogP contribution in [0.15, 0.2) is 24.3 Å². The van der Waals surface area contributed by atoms with Crippen molar-refractivity contribution < 1.29 is 9.53 Å². The fraction of sp³-hybridized carbons (Fsp3) is 0.579. The van der Waals surface area contributed by atoms with Crippen molar-refractivity contribution in [3.63, 3.8) is 0 Å². The monoisotopic (exact) mass is 327 g/mol. The summed E-state index contributed by atoms with van der Waals surface area (Å²) >= 11 is 0. The molecule has 0 aromatic heterocycles. The topological polar surface area (TPSA) is 56.6 Å². The molecule has 1 aromatic carbocycles. The minimum Gasteiger partial charge on any atom is -0.480 e. The third kappa shape index (κ3) is 3.25. The van der Waals surface area contributed by atoms with Gasteiger partial charge in [-0.15, -0.1) is 0 Å². The third-order valence-corrected chi connectivity index (χ3v) is 5.26. The Kier molecular flexibility index (Phi) is 5.06. The molecule has 0 aliphatic carbocycles. The molecule has 3 atom stereocenters. The molecule has 2 fully saturated rings. The lowest BCUT2D eigenvalue weighted by atomic mass is 10.0. The van der Waals surface area contributed by atoms with Crippen LogP contribution in [0.1, 0.15) is 38.2 Å². The van der Waals surface area contributed by atoms with Crippen LogP contribution in [0, 0.1) is 11.3 Å². The molecule has 128 valence electrons. The number of para-hydroxylation sites is 1. The molecule has 2 heterocycles. The Morgan fingerprint density at radius 2 is 1.96 bits per heavy atom. The Labute approximate surface area is 143 Å². The smallest absolute Gasteiger partial charge is 0.263 e. The Hall–Kier alpha value is -2.06. The number of hydrogen-bond acceptors (Lipinski definition) is 4. The summed E-state index contributed by atoms with van der Waals surface area (Å²) in [6.07, 6.45) is 3.93. The van der Waals surface area contributed by atoms with E-state index in [9.17, 15) is 4.79 Å². The lowest BCUT2D eigenvalue weighted by molar-refractivity contribution is -0.139. The van der Waals surface area contributed by atoms with Gasteiger partial charge in [0, 0.05) is 18.6 Å². The van der Waals surface area contributed by atoms with E-state index in [1.165, 1.54) is 6.42 Å². The van der Waals surface area contributed by atoms with Gasteiger partial charge in [0.1, 0.15) is 11.8 Å². The number of nitrogens with zero attached hydrogens (tertiary/aromatic N) is 3. The van der Waals surface area contributed by atoms with Crippen molar-refractivity contribution in [2.75, 3.05) is 20.1 Å². The number of amides is 1. The Morgan fingerprint density at radius 1 is 1.25 bits per heavy atom. The summed E-state index contributed by atoms with van der Waals surface area (Å²) in [7, 11) is 2.15. The molecule has 0 radical (unpaired) electrons. The summed E-state index contributed by atoms with van der Waals surface area (Å²) in [5.74, 6) is 0.514. The van der Waals surface area contributed by atoms with E-state index in [0.29, 0.717) is 23.4 Å². The highest BCUT2D eigenvalue weighted by Gasteiger charge is 2.39. The molecule has 2 aliphatic rings. The van der Waals surface area contributed by atoms with Crippen molar-refractivity contribution in [1.29, 1.82) is 5.26 Å². The maximum atomic E-state index is 12.9. The summed E-state index contributed by atoms with van der Waals surface area (Å²) in [5.41, 5.74) is 0.464. The molecule has 5 heteroatoms. The van der Waals surface area contributed by atoms with Crippen LogP contribution in [0.25, 0.3) is 0 Å². The molecule has 3 rings (SSSR count). The molecule has 2 saturated heterocycles. The number of hydrogen-bond donors (Lipinski definition) is 0. The van der Waals surface area contributed by atoms with E-state index in [0.717, 1.165) is 32.4 Å². The molecular formula is C19H25N3O2. The molecule has 0 unspecified atom stereocenters. The summed E-state index contributed by atoms with van der Waals surface area (Å²) in [6, 6.07) is 9.94. The van der Waals surface area contributed by atoms with Crippen LogP contribution in [0.4, 0.5) is 0 Å². The maximum absolute atomic E-state index is 12.9. The Bertz CT molecular complexity index is 640. The number of likely N-dealkylation sites (N-methyl/N-ethyl adjacent to an activating group) is 1. The van der Waals surface area contributed by atoms with E-state index in [2.05, 4.69) is 18.0 Å². The van der Waals surface area contributed by atoms with Crippen LogP contribution in [0.2, 0.25) is 0 Å². The summed E-state index contributed by atoms with van der Waals surface area (Å²) in [5, 5.41) is 9.17. The van der Waals surface area contributed by atoms with Crippen LogP contribution in [-0.4, -0.2) is 54.0 Å². The van der Waals surface area contributed by atoms with E-state index in [1.54, 1.807) is 25.1 Å². The van der Waals surface area contributed by atoms with Gasteiger partial charge in [-0.1, -0.05) is 12.1 Å². The second-order valence-corrected chi connectivity index (χ2v) is 6.80. The summed E-state index contributed by atoms with van der Waals surface area (Å²) < 4.78 is 5.82. The normalized spacial score (nSPS) is 25.5. The van der Waals surface area contributed by atoms with Gasteiger partial charge in [-0.25, -0.2) is 0 Å². The van der Waals surface area contributed by atoms with Gasteiger partial charge >= 0.3 is 0 Å². The van der Waals surface area contributed by atoms with Gasteiger partial charge in [0.15, 0.2) is 6.10 Å². The molecule has 0 bridgehead atoms. The second kappa shape index (κ2) is 7.23. The SMILES string of the molecule is C[C@H](Oc1ccccc1C#N)C(=O)N1CCC[C@H]1[C@H]1CCCN1C. The Morgan fingerprint density at radius 3 is 2.67 bits per heavy atom. The molecule has 24 heavy (non-hydrogen) atoms. The first-order valence-corrected chi connectivity index (χ1v) is 8.78. The largest absolute Gasteiger partial charge is 0.480 e. The predicted octanol–water partition coefficient (Wildman–Crippen LogP) is 2.41. The molecule has 2 aliphatic heterocycles. The van der Waals surface area contributed by atoms with Crippen LogP contribution < -0.4 is 4.74 Å². The summed E-state index contributed by atoms with van der Waals surface area (Å²) in [6.45, 7) is 3.70. The first-order valence-electron chi connectivity index (χ1n) is 8.78. The maximum Gasteiger partial charge on any atom is 0.263 e. The first kappa shape index (κ1) is 16.8. The van der Waals surface area contributed by atoms with Crippen molar-refractivity contribution >= 4 is 5.91 Å². The number of ether oxygens (including phenoxy) is 1. The molecule has 1 aromatic rings. The lowest BCUT2D eigenvalue weighted by Gasteiger charge is -2.34. The standard InChI is InChI=1S/C19H25N3O2/c1-14(24-18-10-4-3-7-15(18)13-20)19(23)22-12-6-9-17(22)16-8-5-11-21(16)2/h3-4,7,10,14,16-17H,5-6,8-9,11-12H2,1-2H3/t14-,16+,17-/m0/s1. The molecule has 5 nitrogen and oxygen atoms in total. The number of benzene rings is 1. The van der Waals surface area contributed by atoms with Crippen LogP contribution in [-0.2, 0) is 4.79 Å². The fourth-order valence-electron chi connectivity index (χ4n) is 4.02. The van der Waals surface area contributed by atoms with Crippen molar-refractivity contribution in [3.8, 4) is 11.8 Å².